The van der Waals surface area contributed by atoms with Crippen molar-refractivity contribution >= 4 is 23.5 Å². The first-order chi connectivity index (χ1) is 10.5. The minimum Gasteiger partial charge on any atom is -0.478 e. The molecule has 0 aliphatic carbocycles. The van der Waals surface area contributed by atoms with E-state index in [0.717, 1.165) is 11.1 Å². The lowest BCUT2D eigenvalue weighted by atomic mass is 9.88. The van der Waals surface area contributed by atoms with Gasteiger partial charge in [0.15, 0.2) is 0 Å². The number of aromatic carboxylic acids is 2. The fourth-order valence-corrected chi connectivity index (χ4v) is 2.57. The zero-order chi connectivity index (χ0) is 16.1. The van der Waals surface area contributed by atoms with Crippen LogP contribution in [0.4, 0.5) is 0 Å². The van der Waals surface area contributed by atoms with Gasteiger partial charge >= 0.3 is 11.9 Å². The van der Waals surface area contributed by atoms with Crippen LogP contribution in [0.5, 0.6) is 0 Å². The van der Waals surface area contributed by atoms with E-state index >= 15 is 0 Å². The molecule has 4 nitrogen and oxygen atoms in total. The van der Waals surface area contributed by atoms with Crippen molar-refractivity contribution in [1.82, 2.24) is 0 Å². The van der Waals surface area contributed by atoms with Crippen molar-refractivity contribution in [2.24, 2.45) is 0 Å². The van der Waals surface area contributed by atoms with Crippen LogP contribution < -0.4 is 0 Å². The van der Waals surface area contributed by atoms with Crippen LogP contribution in [0.2, 0.25) is 0 Å². The highest BCUT2D eigenvalue weighted by Crippen LogP contribution is 2.29. The molecule has 0 unspecified atom stereocenters. The predicted octanol–water partition coefficient (Wildman–Crippen LogP) is 3.84. The van der Waals surface area contributed by atoms with Gasteiger partial charge in [0.05, 0.1) is 11.1 Å². The summed E-state index contributed by atoms with van der Waals surface area (Å²) in [7, 11) is 0. The van der Waals surface area contributed by atoms with E-state index in [-0.39, 0.29) is 17.0 Å². The summed E-state index contributed by atoms with van der Waals surface area (Å²) < 4.78 is 0. The zero-order valence-corrected chi connectivity index (χ0v) is 12.5. The summed E-state index contributed by atoms with van der Waals surface area (Å²) >= 11 is 5.87. The van der Waals surface area contributed by atoms with Gasteiger partial charge in [0, 0.05) is 11.8 Å². The normalized spacial score (nSPS) is 10.6. The lowest BCUT2D eigenvalue weighted by Gasteiger charge is -2.17. The van der Waals surface area contributed by atoms with Gasteiger partial charge in [-0.25, -0.2) is 9.59 Å². The van der Waals surface area contributed by atoms with Gasteiger partial charge < -0.3 is 10.2 Å². The maximum atomic E-state index is 10.9. The standard InChI is InChI=1S/C17H15ClO4/c18-10-9-15(11-1-5-13(6-2-11)16(19)20)12-3-7-14(8-4-12)17(21)22/h1-8,15H,9-10H2,(H,19,20)(H,21,22). The number of hydrogen-bond acceptors (Lipinski definition) is 2. The monoisotopic (exact) mass is 318 g/mol. The molecule has 0 saturated carbocycles. The number of benzene rings is 2. The molecule has 0 amide bonds. The second-order valence-electron chi connectivity index (χ2n) is 4.88. The molecule has 0 saturated heterocycles. The zero-order valence-electron chi connectivity index (χ0n) is 11.7. The molecule has 5 heteroatoms. The highest BCUT2D eigenvalue weighted by atomic mass is 35.5. The third kappa shape index (κ3) is 3.65. The third-order valence-corrected chi connectivity index (χ3v) is 3.74. The van der Waals surface area contributed by atoms with Gasteiger partial charge in [0.1, 0.15) is 0 Å². The van der Waals surface area contributed by atoms with Gasteiger partial charge in [-0.05, 0) is 41.8 Å². The largest absolute Gasteiger partial charge is 0.478 e. The first-order valence-electron chi connectivity index (χ1n) is 6.75. The van der Waals surface area contributed by atoms with Crippen molar-refractivity contribution in [1.29, 1.82) is 0 Å². The van der Waals surface area contributed by atoms with Crippen molar-refractivity contribution < 1.29 is 19.8 Å². The Hall–Kier alpha value is -2.33. The van der Waals surface area contributed by atoms with E-state index in [1.54, 1.807) is 48.5 Å². The number of carboxylic acid groups (broad SMARTS) is 2. The Morgan fingerprint density at radius 1 is 0.818 bits per heavy atom. The summed E-state index contributed by atoms with van der Waals surface area (Å²) in [4.78, 5) is 21.8. The summed E-state index contributed by atoms with van der Waals surface area (Å²) in [5.41, 5.74) is 2.37. The molecule has 2 rings (SSSR count). The molecule has 0 bridgehead atoms. The van der Waals surface area contributed by atoms with Crippen LogP contribution in [0.25, 0.3) is 0 Å². The second-order valence-corrected chi connectivity index (χ2v) is 5.26. The fraction of sp³-hybridized carbons (Fsp3) is 0.176. The van der Waals surface area contributed by atoms with E-state index in [1.807, 2.05) is 0 Å². The average molecular weight is 319 g/mol. The van der Waals surface area contributed by atoms with Crippen LogP contribution >= 0.6 is 11.6 Å². The van der Waals surface area contributed by atoms with E-state index < -0.39 is 11.9 Å². The molecule has 2 N–H and O–H groups in total. The quantitative estimate of drug-likeness (QED) is 0.793. The Morgan fingerprint density at radius 2 is 1.18 bits per heavy atom. The Morgan fingerprint density at radius 3 is 1.45 bits per heavy atom. The summed E-state index contributed by atoms with van der Waals surface area (Å²) in [5.74, 6) is -1.48. The minimum absolute atomic E-state index is 0.00295. The molecule has 114 valence electrons. The lowest BCUT2D eigenvalue weighted by Crippen LogP contribution is -2.04. The Kier molecular flexibility index (Phi) is 5.17. The summed E-state index contributed by atoms with van der Waals surface area (Å²) in [5, 5.41) is 17.9. The molecule has 0 radical (unpaired) electrons. The van der Waals surface area contributed by atoms with E-state index in [1.165, 1.54) is 0 Å². The predicted molar refractivity (Wildman–Crippen MR) is 84.0 cm³/mol. The van der Waals surface area contributed by atoms with Crippen LogP contribution in [-0.4, -0.2) is 28.0 Å². The topological polar surface area (TPSA) is 74.6 Å². The van der Waals surface area contributed by atoms with E-state index in [4.69, 9.17) is 21.8 Å². The first-order valence-corrected chi connectivity index (χ1v) is 7.29. The van der Waals surface area contributed by atoms with E-state index in [0.29, 0.717) is 12.3 Å². The molecule has 0 atom stereocenters. The second kappa shape index (κ2) is 7.09. The summed E-state index contributed by atoms with van der Waals surface area (Å²) in [6.45, 7) is 0. The van der Waals surface area contributed by atoms with Gasteiger partial charge in [-0.1, -0.05) is 24.3 Å². The van der Waals surface area contributed by atoms with Gasteiger partial charge in [0.25, 0.3) is 0 Å². The molecule has 22 heavy (non-hydrogen) atoms. The lowest BCUT2D eigenvalue weighted by molar-refractivity contribution is 0.0686. The van der Waals surface area contributed by atoms with Crippen LogP contribution in [-0.2, 0) is 0 Å². The number of halogens is 1. The molecule has 0 fully saturated rings. The van der Waals surface area contributed by atoms with Gasteiger partial charge in [-0.2, -0.15) is 0 Å². The molecular formula is C17H15ClO4. The molecular weight excluding hydrogens is 304 g/mol. The average Bonchev–Trinajstić information content (AvgIpc) is 2.53. The maximum absolute atomic E-state index is 10.9. The van der Waals surface area contributed by atoms with Crippen LogP contribution in [0.3, 0.4) is 0 Å². The Balaban J connectivity index is 2.32. The highest BCUT2D eigenvalue weighted by Gasteiger charge is 2.15. The summed E-state index contributed by atoms with van der Waals surface area (Å²) in [6, 6.07) is 13.3. The van der Waals surface area contributed by atoms with Crippen molar-refractivity contribution in [3.05, 3.63) is 70.8 Å². The Labute approximate surface area is 133 Å². The number of carboxylic acids is 2. The van der Waals surface area contributed by atoms with Crippen molar-refractivity contribution in [2.45, 2.75) is 12.3 Å². The molecule has 0 heterocycles. The summed E-state index contributed by atoms with van der Waals surface area (Å²) in [6.07, 6.45) is 0.681. The third-order valence-electron chi connectivity index (χ3n) is 3.52. The first kappa shape index (κ1) is 16.0. The van der Waals surface area contributed by atoms with Crippen molar-refractivity contribution in [2.75, 3.05) is 5.88 Å². The number of hydrogen-bond donors (Lipinski definition) is 2. The molecule has 0 aliphatic rings. The number of rotatable bonds is 6. The SMILES string of the molecule is O=C(O)c1ccc(C(CCCl)c2ccc(C(=O)O)cc2)cc1. The molecule has 0 aliphatic heterocycles. The van der Waals surface area contributed by atoms with Crippen LogP contribution in [0.15, 0.2) is 48.5 Å². The highest BCUT2D eigenvalue weighted by molar-refractivity contribution is 6.17. The molecule has 0 aromatic heterocycles. The van der Waals surface area contributed by atoms with Crippen LogP contribution in [0.1, 0.15) is 44.2 Å². The van der Waals surface area contributed by atoms with Gasteiger partial charge in [-0.15, -0.1) is 11.6 Å². The molecule has 0 spiro atoms. The van der Waals surface area contributed by atoms with Crippen LogP contribution in [0, 0.1) is 0 Å². The smallest absolute Gasteiger partial charge is 0.335 e. The van der Waals surface area contributed by atoms with Crippen molar-refractivity contribution in [3.8, 4) is 0 Å². The van der Waals surface area contributed by atoms with E-state index in [9.17, 15) is 9.59 Å². The van der Waals surface area contributed by atoms with Gasteiger partial charge in [0.2, 0.25) is 0 Å². The molecule has 2 aromatic rings. The number of alkyl halides is 1. The maximum Gasteiger partial charge on any atom is 0.335 e. The Bertz CT molecular complexity index is 605. The fourth-order valence-electron chi connectivity index (χ4n) is 2.35. The van der Waals surface area contributed by atoms with E-state index in [2.05, 4.69) is 0 Å². The van der Waals surface area contributed by atoms with Gasteiger partial charge in [-0.3, -0.25) is 0 Å². The van der Waals surface area contributed by atoms with Crippen molar-refractivity contribution in [3.63, 3.8) is 0 Å². The number of carbonyl (C=O) groups is 2. The molecule has 2 aromatic carbocycles. The minimum atomic E-state index is -0.966.